The number of benzene rings is 2. The summed E-state index contributed by atoms with van der Waals surface area (Å²) >= 11 is 0. The Balaban J connectivity index is 2.03. The Bertz CT molecular complexity index is 775. The van der Waals surface area contributed by atoms with E-state index in [-0.39, 0.29) is 5.41 Å². The molecular weight excluding hydrogens is 316 g/mol. The van der Waals surface area contributed by atoms with Crippen LogP contribution < -0.4 is 4.90 Å². The van der Waals surface area contributed by atoms with Crippen LogP contribution in [0.4, 0.5) is 14.5 Å². The lowest BCUT2D eigenvalue weighted by molar-refractivity contribution is 0.384. The molecule has 0 N–H and O–H groups in total. The second kappa shape index (κ2) is 6.99. The van der Waals surface area contributed by atoms with Gasteiger partial charge in [0.05, 0.1) is 0 Å². The van der Waals surface area contributed by atoms with E-state index in [9.17, 15) is 8.78 Å². The molecule has 3 rings (SSSR count). The van der Waals surface area contributed by atoms with Crippen molar-refractivity contribution >= 4 is 11.4 Å². The summed E-state index contributed by atoms with van der Waals surface area (Å²) in [5, 5.41) is 0. The third-order valence-electron chi connectivity index (χ3n) is 5.26. The predicted molar refractivity (Wildman–Crippen MR) is 101 cm³/mol. The molecule has 3 heteroatoms. The molecule has 0 unspecified atom stereocenters. The van der Waals surface area contributed by atoms with E-state index in [2.05, 4.69) is 43.5 Å². The van der Waals surface area contributed by atoms with E-state index < -0.39 is 11.6 Å². The second-order valence-electron chi connectivity index (χ2n) is 6.96. The maximum Gasteiger partial charge on any atom is 0.159 e. The first-order valence-electron chi connectivity index (χ1n) is 9.04. The predicted octanol–water partition coefficient (Wildman–Crippen LogP) is 6.29. The van der Waals surface area contributed by atoms with Crippen LogP contribution in [0.1, 0.15) is 50.7 Å². The molecule has 0 radical (unpaired) electrons. The third-order valence-corrected chi connectivity index (χ3v) is 5.26. The molecule has 0 amide bonds. The molecule has 1 aliphatic rings. The van der Waals surface area contributed by atoms with Gasteiger partial charge in [-0.05, 0) is 42.7 Å². The second-order valence-corrected chi connectivity index (χ2v) is 6.96. The van der Waals surface area contributed by atoms with E-state index in [1.54, 1.807) is 6.07 Å². The molecule has 1 aliphatic heterocycles. The maximum atomic E-state index is 13.7. The van der Waals surface area contributed by atoms with Gasteiger partial charge in [0.15, 0.2) is 11.6 Å². The fraction of sp³-hybridized carbons (Fsp3) is 0.364. The smallest absolute Gasteiger partial charge is 0.159 e. The van der Waals surface area contributed by atoms with Crippen molar-refractivity contribution in [2.45, 2.75) is 44.9 Å². The standard InChI is InChI=1S/C22H25F2N/c1-4-12-22(13-5-2)15-25(21-9-7-6-8-18(21)22)16(3)17-10-11-19(23)20(24)14-17/h6-11,14H,3-5,12-13,15H2,1-2H3. The number of anilines is 1. The van der Waals surface area contributed by atoms with Gasteiger partial charge >= 0.3 is 0 Å². The highest BCUT2D eigenvalue weighted by Crippen LogP contribution is 2.48. The van der Waals surface area contributed by atoms with Crippen LogP contribution in [0.5, 0.6) is 0 Å². The monoisotopic (exact) mass is 341 g/mol. The number of halogens is 2. The van der Waals surface area contributed by atoms with Crippen molar-refractivity contribution in [2.24, 2.45) is 0 Å². The first-order valence-corrected chi connectivity index (χ1v) is 9.04. The van der Waals surface area contributed by atoms with Crippen LogP contribution in [0.25, 0.3) is 5.70 Å². The topological polar surface area (TPSA) is 3.24 Å². The summed E-state index contributed by atoms with van der Waals surface area (Å²) in [6.45, 7) is 9.47. The largest absolute Gasteiger partial charge is 0.340 e. The summed E-state index contributed by atoms with van der Waals surface area (Å²) < 4.78 is 27.0. The van der Waals surface area contributed by atoms with Crippen molar-refractivity contribution in [1.29, 1.82) is 0 Å². The van der Waals surface area contributed by atoms with Crippen molar-refractivity contribution in [3.05, 3.63) is 71.8 Å². The molecule has 132 valence electrons. The van der Waals surface area contributed by atoms with Gasteiger partial charge in [0.25, 0.3) is 0 Å². The number of nitrogens with zero attached hydrogens (tertiary/aromatic N) is 1. The van der Waals surface area contributed by atoms with Crippen LogP contribution in [0.15, 0.2) is 49.0 Å². The number of fused-ring (bicyclic) bond motifs is 1. The fourth-order valence-corrected chi connectivity index (χ4v) is 4.21. The van der Waals surface area contributed by atoms with Crippen LogP contribution in [-0.2, 0) is 5.41 Å². The zero-order valence-corrected chi connectivity index (χ0v) is 15.0. The molecule has 2 aromatic rings. The summed E-state index contributed by atoms with van der Waals surface area (Å²) in [5.41, 5.74) is 3.93. The molecule has 2 aromatic carbocycles. The highest BCUT2D eigenvalue weighted by molar-refractivity contribution is 5.82. The number of hydrogen-bond acceptors (Lipinski definition) is 1. The Morgan fingerprint density at radius 2 is 1.72 bits per heavy atom. The van der Waals surface area contributed by atoms with Crippen LogP contribution >= 0.6 is 0 Å². The molecule has 0 spiro atoms. The van der Waals surface area contributed by atoms with E-state index in [1.165, 1.54) is 17.7 Å². The molecule has 0 fully saturated rings. The molecule has 0 atom stereocenters. The molecule has 1 nitrogen and oxygen atoms in total. The first kappa shape index (κ1) is 17.7. The first-order chi connectivity index (χ1) is 12.0. The zero-order chi connectivity index (χ0) is 18.0. The lowest BCUT2D eigenvalue weighted by Gasteiger charge is -2.31. The van der Waals surface area contributed by atoms with E-state index in [1.807, 2.05) is 6.07 Å². The van der Waals surface area contributed by atoms with Crippen molar-refractivity contribution in [1.82, 2.24) is 0 Å². The molecule has 0 bridgehead atoms. The van der Waals surface area contributed by atoms with Gasteiger partial charge in [-0.1, -0.05) is 51.5 Å². The van der Waals surface area contributed by atoms with Crippen LogP contribution in [0.2, 0.25) is 0 Å². The minimum Gasteiger partial charge on any atom is -0.340 e. The molecule has 0 saturated heterocycles. The number of para-hydroxylation sites is 1. The van der Waals surface area contributed by atoms with Gasteiger partial charge in [0, 0.05) is 28.9 Å². The van der Waals surface area contributed by atoms with Crippen LogP contribution in [0, 0.1) is 11.6 Å². The van der Waals surface area contributed by atoms with E-state index >= 15 is 0 Å². The Hall–Kier alpha value is -2.16. The molecule has 0 aromatic heterocycles. The third kappa shape index (κ3) is 3.08. The zero-order valence-electron chi connectivity index (χ0n) is 15.0. The van der Waals surface area contributed by atoms with Gasteiger partial charge in [0.1, 0.15) is 0 Å². The van der Waals surface area contributed by atoms with Gasteiger partial charge in [-0.2, -0.15) is 0 Å². The Morgan fingerprint density at radius 1 is 1.04 bits per heavy atom. The van der Waals surface area contributed by atoms with E-state index in [4.69, 9.17) is 0 Å². The maximum absolute atomic E-state index is 13.7. The highest BCUT2D eigenvalue weighted by Gasteiger charge is 2.41. The summed E-state index contributed by atoms with van der Waals surface area (Å²) in [6.07, 6.45) is 4.44. The van der Waals surface area contributed by atoms with Crippen molar-refractivity contribution < 1.29 is 8.78 Å². The average Bonchev–Trinajstić information content (AvgIpc) is 2.92. The highest BCUT2D eigenvalue weighted by atomic mass is 19.2. The molecule has 25 heavy (non-hydrogen) atoms. The van der Waals surface area contributed by atoms with Gasteiger partial charge in [-0.15, -0.1) is 0 Å². The Kier molecular flexibility index (Phi) is 4.94. The fourth-order valence-electron chi connectivity index (χ4n) is 4.21. The SMILES string of the molecule is C=C(c1ccc(F)c(F)c1)N1CC(CCC)(CCC)c2ccccc21. The normalized spacial score (nSPS) is 15.3. The van der Waals surface area contributed by atoms with E-state index in [0.717, 1.165) is 43.6 Å². The van der Waals surface area contributed by atoms with Crippen LogP contribution in [0.3, 0.4) is 0 Å². The quantitative estimate of drug-likeness (QED) is 0.596. The minimum atomic E-state index is -0.834. The van der Waals surface area contributed by atoms with Gasteiger partial charge < -0.3 is 4.90 Å². The van der Waals surface area contributed by atoms with Gasteiger partial charge in [0.2, 0.25) is 0 Å². The average molecular weight is 341 g/mol. The lowest BCUT2D eigenvalue weighted by atomic mass is 9.75. The molecular formula is C22H25F2N. The molecule has 0 aliphatic carbocycles. The summed E-state index contributed by atoms with van der Waals surface area (Å²) in [7, 11) is 0. The lowest BCUT2D eigenvalue weighted by Crippen LogP contribution is -2.32. The minimum absolute atomic E-state index is 0.0988. The van der Waals surface area contributed by atoms with Crippen molar-refractivity contribution in [3.8, 4) is 0 Å². The Labute approximate surface area is 149 Å². The Morgan fingerprint density at radius 3 is 2.36 bits per heavy atom. The number of hydrogen-bond donors (Lipinski definition) is 0. The summed E-state index contributed by atoms with van der Waals surface area (Å²) in [5.74, 6) is -1.66. The van der Waals surface area contributed by atoms with Gasteiger partial charge in [-0.25, -0.2) is 8.78 Å². The summed E-state index contributed by atoms with van der Waals surface area (Å²) in [6, 6.07) is 12.4. The summed E-state index contributed by atoms with van der Waals surface area (Å²) in [4.78, 5) is 2.17. The van der Waals surface area contributed by atoms with Crippen molar-refractivity contribution in [3.63, 3.8) is 0 Å². The molecule has 1 heterocycles. The van der Waals surface area contributed by atoms with E-state index in [0.29, 0.717) is 5.56 Å². The number of rotatable bonds is 6. The van der Waals surface area contributed by atoms with Crippen molar-refractivity contribution in [2.75, 3.05) is 11.4 Å². The van der Waals surface area contributed by atoms with Crippen LogP contribution in [-0.4, -0.2) is 6.54 Å². The van der Waals surface area contributed by atoms with Gasteiger partial charge in [-0.3, -0.25) is 0 Å². The molecule has 0 saturated carbocycles.